The molecule has 2 aromatic rings. The lowest BCUT2D eigenvalue weighted by molar-refractivity contribution is 0.241. The van der Waals surface area contributed by atoms with Crippen LogP contribution in [0.25, 0.3) is 0 Å². The van der Waals surface area contributed by atoms with Gasteiger partial charge in [-0.15, -0.1) is 0 Å². The van der Waals surface area contributed by atoms with E-state index >= 15 is 0 Å². The van der Waals surface area contributed by atoms with Gasteiger partial charge in [0.25, 0.3) is 0 Å². The van der Waals surface area contributed by atoms with Gasteiger partial charge >= 0.3 is 0 Å². The van der Waals surface area contributed by atoms with Crippen LogP contribution >= 0.6 is 0 Å². The first-order valence-corrected chi connectivity index (χ1v) is 6.24. The molecule has 0 aliphatic heterocycles. The SMILES string of the molecule is C=COCCC(c1ccccc1)c1ccccc1. The molecule has 1 nitrogen and oxygen atoms in total. The first kappa shape index (κ1) is 12.4. The Morgan fingerprint density at radius 1 is 0.889 bits per heavy atom. The molecule has 92 valence electrons. The highest BCUT2D eigenvalue weighted by atomic mass is 16.5. The van der Waals surface area contributed by atoms with Crippen molar-refractivity contribution in [3.8, 4) is 0 Å². The largest absolute Gasteiger partial charge is 0.502 e. The summed E-state index contributed by atoms with van der Waals surface area (Å²) < 4.78 is 5.27. The van der Waals surface area contributed by atoms with E-state index in [1.165, 1.54) is 17.4 Å². The van der Waals surface area contributed by atoms with Crippen LogP contribution in [0, 0.1) is 0 Å². The van der Waals surface area contributed by atoms with Crippen molar-refractivity contribution in [1.29, 1.82) is 0 Å². The second-order valence-corrected chi connectivity index (χ2v) is 4.20. The summed E-state index contributed by atoms with van der Waals surface area (Å²) in [5.41, 5.74) is 2.66. The number of hydrogen-bond donors (Lipinski definition) is 0. The lowest BCUT2D eigenvalue weighted by Crippen LogP contribution is -2.04. The molecule has 2 aromatic carbocycles. The molecule has 0 aliphatic carbocycles. The molecule has 0 heterocycles. The summed E-state index contributed by atoms with van der Waals surface area (Å²) in [4.78, 5) is 0. The maximum Gasteiger partial charge on any atom is 0.0882 e. The zero-order valence-electron chi connectivity index (χ0n) is 10.5. The lowest BCUT2D eigenvalue weighted by Gasteiger charge is -2.17. The van der Waals surface area contributed by atoms with Crippen LogP contribution in [0.15, 0.2) is 73.5 Å². The van der Waals surface area contributed by atoms with Gasteiger partial charge in [0.15, 0.2) is 0 Å². The van der Waals surface area contributed by atoms with Crippen LogP contribution in [-0.2, 0) is 4.74 Å². The van der Waals surface area contributed by atoms with E-state index in [1.54, 1.807) is 0 Å². The van der Waals surface area contributed by atoms with Crippen LogP contribution in [0.2, 0.25) is 0 Å². The molecule has 0 saturated carbocycles. The maximum atomic E-state index is 5.27. The Bertz CT molecular complexity index is 422. The second kappa shape index (κ2) is 6.65. The van der Waals surface area contributed by atoms with Gasteiger partial charge in [0.2, 0.25) is 0 Å². The minimum atomic E-state index is 0.382. The zero-order valence-corrected chi connectivity index (χ0v) is 10.5. The highest BCUT2D eigenvalue weighted by Crippen LogP contribution is 2.27. The summed E-state index contributed by atoms with van der Waals surface area (Å²) >= 11 is 0. The molecule has 0 saturated heterocycles. The van der Waals surface area contributed by atoms with Gasteiger partial charge in [-0.2, -0.15) is 0 Å². The van der Waals surface area contributed by atoms with Gasteiger partial charge in [-0.1, -0.05) is 67.2 Å². The van der Waals surface area contributed by atoms with E-state index in [0.29, 0.717) is 12.5 Å². The van der Waals surface area contributed by atoms with Crippen molar-refractivity contribution in [3.63, 3.8) is 0 Å². The molecule has 0 amide bonds. The van der Waals surface area contributed by atoms with Crippen LogP contribution in [0.5, 0.6) is 0 Å². The van der Waals surface area contributed by atoms with E-state index in [-0.39, 0.29) is 0 Å². The Labute approximate surface area is 109 Å². The molecule has 0 spiro atoms. The molecular formula is C17H18O. The number of hydrogen-bond acceptors (Lipinski definition) is 1. The van der Waals surface area contributed by atoms with Crippen LogP contribution in [-0.4, -0.2) is 6.61 Å². The zero-order chi connectivity index (χ0) is 12.6. The van der Waals surface area contributed by atoms with E-state index in [0.717, 1.165) is 6.42 Å². The van der Waals surface area contributed by atoms with Gasteiger partial charge in [-0.25, -0.2) is 0 Å². The van der Waals surface area contributed by atoms with Gasteiger partial charge in [-0.3, -0.25) is 0 Å². The summed E-state index contributed by atoms with van der Waals surface area (Å²) in [6.07, 6.45) is 2.47. The molecule has 1 heteroatoms. The molecule has 18 heavy (non-hydrogen) atoms. The minimum Gasteiger partial charge on any atom is -0.502 e. The molecule has 0 N–H and O–H groups in total. The maximum absolute atomic E-state index is 5.27. The van der Waals surface area contributed by atoms with Gasteiger partial charge < -0.3 is 4.74 Å². The smallest absolute Gasteiger partial charge is 0.0882 e. The predicted molar refractivity (Wildman–Crippen MR) is 75.5 cm³/mol. The van der Waals surface area contributed by atoms with Crippen molar-refractivity contribution < 1.29 is 4.74 Å². The Hall–Kier alpha value is -2.02. The van der Waals surface area contributed by atoms with Crippen molar-refractivity contribution in [2.24, 2.45) is 0 Å². The molecule has 0 atom stereocenters. The van der Waals surface area contributed by atoms with Crippen LogP contribution < -0.4 is 0 Å². The third kappa shape index (κ3) is 3.24. The fourth-order valence-corrected chi connectivity index (χ4v) is 2.17. The molecule has 0 aliphatic rings. The number of rotatable bonds is 6. The second-order valence-electron chi connectivity index (χ2n) is 4.20. The van der Waals surface area contributed by atoms with Crippen LogP contribution in [0.1, 0.15) is 23.5 Å². The summed E-state index contributed by atoms with van der Waals surface area (Å²) in [6.45, 7) is 4.27. The standard InChI is InChI=1S/C17H18O/c1-2-18-14-13-17(15-9-5-3-6-10-15)16-11-7-4-8-12-16/h2-12,17H,1,13-14H2. The highest BCUT2D eigenvalue weighted by molar-refractivity contribution is 5.32. The van der Waals surface area contributed by atoms with Gasteiger partial charge in [0.1, 0.15) is 0 Å². The van der Waals surface area contributed by atoms with E-state index in [9.17, 15) is 0 Å². The fraction of sp³-hybridized carbons (Fsp3) is 0.176. The quantitative estimate of drug-likeness (QED) is 0.536. The van der Waals surface area contributed by atoms with Gasteiger partial charge in [0.05, 0.1) is 12.9 Å². The van der Waals surface area contributed by atoms with Crippen molar-refractivity contribution in [1.82, 2.24) is 0 Å². The molecule has 0 radical (unpaired) electrons. The van der Waals surface area contributed by atoms with Crippen LogP contribution in [0.3, 0.4) is 0 Å². The molecule has 0 bridgehead atoms. The van der Waals surface area contributed by atoms with Crippen molar-refractivity contribution in [2.75, 3.05) is 6.61 Å². The number of benzene rings is 2. The summed E-state index contributed by atoms with van der Waals surface area (Å²) in [5, 5.41) is 0. The van der Waals surface area contributed by atoms with Crippen LogP contribution in [0.4, 0.5) is 0 Å². The van der Waals surface area contributed by atoms with Crippen molar-refractivity contribution in [3.05, 3.63) is 84.6 Å². The third-order valence-electron chi connectivity index (χ3n) is 3.05. The Morgan fingerprint density at radius 2 is 1.39 bits per heavy atom. The van der Waals surface area contributed by atoms with Gasteiger partial charge in [-0.05, 0) is 17.5 Å². The van der Waals surface area contributed by atoms with E-state index < -0.39 is 0 Å². The molecular weight excluding hydrogens is 220 g/mol. The number of ether oxygens (including phenoxy) is 1. The fourth-order valence-electron chi connectivity index (χ4n) is 2.17. The van der Waals surface area contributed by atoms with E-state index in [1.807, 2.05) is 12.1 Å². The van der Waals surface area contributed by atoms with E-state index in [4.69, 9.17) is 4.74 Å². The Balaban J connectivity index is 2.21. The highest BCUT2D eigenvalue weighted by Gasteiger charge is 2.13. The average Bonchev–Trinajstić information content (AvgIpc) is 2.46. The third-order valence-corrected chi connectivity index (χ3v) is 3.05. The molecule has 2 rings (SSSR count). The normalized spacial score (nSPS) is 10.3. The molecule has 0 fully saturated rings. The van der Waals surface area contributed by atoms with Gasteiger partial charge in [0, 0.05) is 5.92 Å². The molecule has 0 aromatic heterocycles. The topological polar surface area (TPSA) is 9.23 Å². The van der Waals surface area contributed by atoms with Crippen molar-refractivity contribution >= 4 is 0 Å². The summed E-state index contributed by atoms with van der Waals surface area (Å²) in [6, 6.07) is 21.1. The Kier molecular flexibility index (Phi) is 4.60. The van der Waals surface area contributed by atoms with E-state index in [2.05, 4.69) is 55.1 Å². The Morgan fingerprint density at radius 3 is 1.83 bits per heavy atom. The first-order chi connectivity index (χ1) is 8.92. The monoisotopic (exact) mass is 238 g/mol. The molecule has 0 unspecified atom stereocenters. The average molecular weight is 238 g/mol. The lowest BCUT2D eigenvalue weighted by atomic mass is 9.89. The van der Waals surface area contributed by atoms with Crippen molar-refractivity contribution in [2.45, 2.75) is 12.3 Å². The summed E-state index contributed by atoms with van der Waals surface area (Å²) in [5.74, 6) is 0.382. The first-order valence-electron chi connectivity index (χ1n) is 6.24. The minimum absolute atomic E-state index is 0.382. The summed E-state index contributed by atoms with van der Waals surface area (Å²) in [7, 11) is 0. The predicted octanol–water partition coefficient (Wildman–Crippen LogP) is 4.37.